The highest BCUT2D eigenvalue weighted by atomic mass is 16.5. The molecule has 1 aromatic carbocycles. The van der Waals surface area contributed by atoms with Crippen molar-refractivity contribution in [1.82, 2.24) is 4.90 Å². The zero-order valence-electron chi connectivity index (χ0n) is 11.5. The van der Waals surface area contributed by atoms with E-state index in [1.54, 1.807) is 25.3 Å². The Bertz CT molecular complexity index is 532. The third-order valence-electron chi connectivity index (χ3n) is 3.38. The first kappa shape index (κ1) is 14.4. The third kappa shape index (κ3) is 3.97. The van der Waals surface area contributed by atoms with E-state index in [-0.39, 0.29) is 6.54 Å². The lowest BCUT2D eigenvalue weighted by molar-refractivity contribution is -0.138. The normalized spacial score (nSPS) is 14.1. The summed E-state index contributed by atoms with van der Waals surface area (Å²) in [7, 11) is 1.58. The van der Waals surface area contributed by atoms with Crippen molar-refractivity contribution in [2.75, 3.05) is 20.2 Å². The van der Waals surface area contributed by atoms with E-state index in [1.165, 1.54) is 12.8 Å². The molecule has 0 radical (unpaired) electrons. The van der Waals surface area contributed by atoms with Crippen molar-refractivity contribution in [2.24, 2.45) is 5.92 Å². The Morgan fingerprint density at radius 2 is 2.30 bits per heavy atom. The van der Waals surface area contributed by atoms with Crippen molar-refractivity contribution in [3.8, 4) is 11.8 Å². The molecule has 5 nitrogen and oxygen atoms in total. The van der Waals surface area contributed by atoms with Crippen molar-refractivity contribution in [3.63, 3.8) is 0 Å². The average Bonchev–Trinajstić information content (AvgIpc) is 3.21. The molecular formula is C15H18N2O3. The first-order valence-corrected chi connectivity index (χ1v) is 6.63. The van der Waals surface area contributed by atoms with Gasteiger partial charge in [-0.25, -0.2) is 0 Å². The fraction of sp³-hybridized carbons (Fsp3) is 0.467. The highest BCUT2D eigenvalue weighted by molar-refractivity contribution is 5.69. The molecule has 0 aromatic heterocycles. The number of benzene rings is 1. The number of ether oxygens (including phenoxy) is 1. The smallest absolute Gasteiger partial charge is 0.317 e. The summed E-state index contributed by atoms with van der Waals surface area (Å²) >= 11 is 0. The van der Waals surface area contributed by atoms with E-state index >= 15 is 0 Å². The predicted octanol–water partition coefficient (Wildman–Crippen LogP) is 1.86. The highest BCUT2D eigenvalue weighted by Gasteiger charge is 2.25. The quantitative estimate of drug-likeness (QED) is 0.821. The van der Waals surface area contributed by atoms with Crippen LogP contribution >= 0.6 is 0 Å². The number of methoxy groups -OCH3 is 1. The monoisotopic (exact) mass is 274 g/mol. The second-order valence-corrected chi connectivity index (χ2v) is 5.15. The summed E-state index contributed by atoms with van der Waals surface area (Å²) < 4.78 is 5.29. The fourth-order valence-electron chi connectivity index (χ4n) is 2.25. The molecule has 5 heteroatoms. The summed E-state index contributed by atoms with van der Waals surface area (Å²) in [5, 5.41) is 18.0. The fourth-order valence-corrected chi connectivity index (χ4v) is 2.25. The van der Waals surface area contributed by atoms with Gasteiger partial charge in [0.25, 0.3) is 0 Å². The van der Waals surface area contributed by atoms with Gasteiger partial charge in [0.15, 0.2) is 0 Å². The van der Waals surface area contributed by atoms with Crippen LogP contribution in [0.2, 0.25) is 0 Å². The number of carboxylic acids is 1. The second kappa shape index (κ2) is 6.40. The molecular weight excluding hydrogens is 256 g/mol. The Morgan fingerprint density at radius 3 is 2.85 bits per heavy atom. The molecule has 1 aliphatic carbocycles. The Labute approximate surface area is 118 Å². The average molecular weight is 274 g/mol. The van der Waals surface area contributed by atoms with Crippen LogP contribution in [0.25, 0.3) is 0 Å². The lowest BCUT2D eigenvalue weighted by atomic mass is 10.1. The third-order valence-corrected chi connectivity index (χ3v) is 3.38. The molecule has 0 heterocycles. The molecule has 0 amide bonds. The number of hydrogen-bond donors (Lipinski definition) is 1. The largest absolute Gasteiger partial charge is 0.496 e. The molecule has 0 saturated heterocycles. The van der Waals surface area contributed by atoms with Crippen LogP contribution in [-0.4, -0.2) is 36.2 Å². The van der Waals surface area contributed by atoms with Gasteiger partial charge in [-0.2, -0.15) is 5.26 Å². The Kier molecular flexibility index (Phi) is 4.59. The maximum Gasteiger partial charge on any atom is 0.317 e. The first-order chi connectivity index (χ1) is 9.62. The minimum Gasteiger partial charge on any atom is -0.496 e. The van der Waals surface area contributed by atoms with Gasteiger partial charge in [0.2, 0.25) is 0 Å². The van der Waals surface area contributed by atoms with E-state index in [9.17, 15) is 4.79 Å². The Hall–Kier alpha value is -2.06. The van der Waals surface area contributed by atoms with Gasteiger partial charge in [0.05, 0.1) is 25.3 Å². The van der Waals surface area contributed by atoms with Gasteiger partial charge in [-0.1, -0.05) is 0 Å². The predicted molar refractivity (Wildman–Crippen MR) is 73.3 cm³/mol. The summed E-state index contributed by atoms with van der Waals surface area (Å²) in [6, 6.07) is 7.31. The molecule has 1 N–H and O–H groups in total. The SMILES string of the molecule is COc1ccc(C#N)cc1CN(CC(=O)O)CC1CC1. The van der Waals surface area contributed by atoms with Gasteiger partial charge in [-0.05, 0) is 37.0 Å². The molecule has 1 aromatic rings. The van der Waals surface area contributed by atoms with Crippen molar-refractivity contribution in [1.29, 1.82) is 5.26 Å². The molecule has 1 aliphatic rings. The molecule has 0 aliphatic heterocycles. The van der Waals surface area contributed by atoms with Gasteiger partial charge in [0.1, 0.15) is 5.75 Å². The van der Waals surface area contributed by atoms with Crippen LogP contribution in [0.4, 0.5) is 0 Å². The summed E-state index contributed by atoms with van der Waals surface area (Å²) in [4.78, 5) is 12.9. The van der Waals surface area contributed by atoms with E-state index in [4.69, 9.17) is 15.1 Å². The topological polar surface area (TPSA) is 73.6 Å². The summed E-state index contributed by atoms with van der Waals surface area (Å²) in [5.74, 6) is 0.468. The van der Waals surface area contributed by atoms with Crippen molar-refractivity contribution in [2.45, 2.75) is 19.4 Å². The van der Waals surface area contributed by atoms with Crippen LogP contribution in [0, 0.1) is 17.2 Å². The summed E-state index contributed by atoms with van der Waals surface area (Å²) in [6.45, 7) is 1.28. The molecule has 1 fully saturated rings. The van der Waals surface area contributed by atoms with Crippen LogP contribution in [-0.2, 0) is 11.3 Å². The number of nitriles is 1. The lowest BCUT2D eigenvalue weighted by Crippen LogP contribution is -2.31. The van der Waals surface area contributed by atoms with Gasteiger partial charge in [-0.15, -0.1) is 0 Å². The summed E-state index contributed by atoms with van der Waals surface area (Å²) in [6.07, 6.45) is 2.34. The van der Waals surface area contributed by atoms with E-state index < -0.39 is 5.97 Å². The molecule has 0 atom stereocenters. The number of rotatable bonds is 7. The number of hydrogen-bond acceptors (Lipinski definition) is 4. The molecule has 20 heavy (non-hydrogen) atoms. The molecule has 0 bridgehead atoms. The van der Waals surface area contributed by atoms with Crippen LogP contribution in [0.5, 0.6) is 5.75 Å². The molecule has 2 rings (SSSR count). The second-order valence-electron chi connectivity index (χ2n) is 5.15. The van der Waals surface area contributed by atoms with Crippen LogP contribution < -0.4 is 4.74 Å². The molecule has 0 unspecified atom stereocenters. The highest BCUT2D eigenvalue weighted by Crippen LogP contribution is 2.31. The van der Waals surface area contributed by atoms with E-state index in [0.29, 0.717) is 23.8 Å². The van der Waals surface area contributed by atoms with E-state index in [0.717, 1.165) is 12.1 Å². The van der Waals surface area contributed by atoms with Gasteiger partial charge < -0.3 is 9.84 Å². The van der Waals surface area contributed by atoms with Crippen molar-refractivity contribution < 1.29 is 14.6 Å². The lowest BCUT2D eigenvalue weighted by Gasteiger charge is -2.21. The minimum absolute atomic E-state index is 0.0104. The first-order valence-electron chi connectivity index (χ1n) is 6.63. The van der Waals surface area contributed by atoms with Crippen LogP contribution in [0.1, 0.15) is 24.0 Å². The maximum atomic E-state index is 11.0. The number of aliphatic carboxylic acids is 1. The standard InChI is InChI=1S/C15H18N2O3/c1-20-14-5-4-12(7-16)6-13(14)9-17(10-15(18)19)8-11-2-3-11/h4-6,11H,2-3,8-10H2,1H3,(H,18,19). The minimum atomic E-state index is -0.832. The van der Waals surface area contributed by atoms with Crippen molar-refractivity contribution >= 4 is 5.97 Å². The van der Waals surface area contributed by atoms with Gasteiger partial charge in [-0.3, -0.25) is 9.69 Å². The molecule has 0 spiro atoms. The van der Waals surface area contributed by atoms with Crippen LogP contribution in [0.3, 0.4) is 0 Å². The number of carbonyl (C=O) groups is 1. The zero-order chi connectivity index (χ0) is 14.5. The number of nitrogens with zero attached hydrogens (tertiary/aromatic N) is 2. The van der Waals surface area contributed by atoms with E-state index in [2.05, 4.69) is 6.07 Å². The van der Waals surface area contributed by atoms with E-state index in [1.807, 2.05) is 4.90 Å². The zero-order valence-corrected chi connectivity index (χ0v) is 11.5. The Balaban J connectivity index is 2.15. The van der Waals surface area contributed by atoms with Gasteiger partial charge in [0, 0.05) is 18.7 Å². The maximum absolute atomic E-state index is 11.0. The van der Waals surface area contributed by atoms with Crippen LogP contribution in [0.15, 0.2) is 18.2 Å². The Morgan fingerprint density at radius 1 is 1.55 bits per heavy atom. The van der Waals surface area contributed by atoms with Crippen molar-refractivity contribution in [3.05, 3.63) is 29.3 Å². The summed E-state index contributed by atoms with van der Waals surface area (Å²) in [5.41, 5.74) is 1.41. The number of carboxylic acid groups (broad SMARTS) is 1. The van der Waals surface area contributed by atoms with Gasteiger partial charge >= 0.3 is 5.97 Å². The molecule has 1 saturated carbocycles. The molecule has 106 valence electrons.